The van der Waals surface area contributed by atoms with Gasteiger partial charge in [-0.1, -0.05) is 163 Å². The number of rotatable bonds is 11. The van der Waals surface area contributed by atoms with Gasteiger partial charge in [0.05, 0.1) is 14.2 Å². The van der Waals surface area contributed by atoms with E-state index in [0.29, 0.717) is 22.6 Å². The van der Waals surface area contributed by atoms with Crippen molar-refractivity contribution in [2.75, 3.05) is 14.2 Å². The molecule has 0 spiro atoms. The molecular formula is C62H56N2O6. The molecule has 2 atom stereocenters. The van der Waals surface area contributed by atoms with Gasteiger partial charge in [0.25, 0.3) is 0 Å². The van der Waals surface area contributed by atoms with E-state index >= 15 is 0 Å². The molecule has 0 bridgehead atoms. The van der Waals surface area contributed by atoms with E-state index in [1.807, 2.05) is 84.9 Å². The number of phenols is 2. The Kier molecular flexibility index (Phi) is 11.8. The molecular weight excluding hydrogens is 869 g/mol. The number of ether oxygens (including phenoxy) is 2. The Hall–Kier alpha value is -8.10. The smallest absolute Gasteiger partial charge is 0.143 e. The third-order valence-electron chi connectivity index (χ3n) is 13.3. The van der Waals surface area contributed by atoms with Gasteiger partial charge in [-0.05, 0) is 69.5 Å². The van der Waals surface area contributed by atoms with Gasteiger partial charge < -0.3 is 28.5 Å². The zero-order chi connectivity index (χ0) is 48.9. The quantitative estimate of drug-likeness (QED) is 0.125. The van der Waals surface area contributed by atoms with Crippen LogP contribution in [0.3, 0.4) is 0 Å². The summed E-state index contributed by atoms with van der Waals surface area (Å²) in [5.74, 6) is 1.42. The number of phenolic OH excluding ortho intramolecular Hbond substituents is 2. The Bertz CT molecular complexity index is 3410. The largest absolute Gasteiger partial charge is 0.507 e. The number of hydrogen-bond donors (Lipinski definition) is 2. The van der Waals surface area contributed by atoms with Gasteiger partial charge in [-0.15, -0.1) is 0 Å². The van der Waals surface area contributed by atoms with Gasteiger partial charge in [0.15, 0.2) is 0 Å². The average molecular weight is 925 g/mol. The molecule has 8 heteroatoms. The van der Waals surface area contributed by atoms with Gasteiger partial charge >= 0.3 is 0 Å². The van der Waals surface area contributed by atoms with Crippen LogP contribution < -0.4 is 9.47 Å². The van der Waals surface area contributed by atoms with E-state index in [9.17, 15) is 10.2 Å². The van der Waals surface area contributed by atoms with E-state index in [1.165, 1.54) is 0 Å². The highest BCUT2D eigenvalue weighted by molar-refractivity contribution is 6.11. The lowest BCUT2D eigenvalue weighted by Gasteiger charge is -2.27. The molecule has 2 N–H and O–H groups in total. The number of aliphatic imine (C=N–C) groups is 2. The number of hydrogen-bond acceptors (Lipinski definition) is 8. The van der Waals surface area contributed by atoms with Gasteiger partial charge in [0.1, 0.15) is 57.4 Å². The first-order chi connectivity index (χ1) is 33.7. The Labute approximate surface area is 408 Å². The van der Waals surface area contributed by atoms with Crippen molar-refractivity contribution < 1.29 is 28.5 Å². The summed E-state index contributed by atoms with van der Waals surface area (Å²) in [7, 11) is 3.25. The lowest BCUT2D eigenvalue weighted by molar-refractivity contribution is 0.405. The van der Waals surface area contributed by atoms with Crippen molar-refractivity contribution in [3.63, 3.8) is 0 Å². The molecule has 0 saturated heterocycles. The minimum Gasteiger partial charge on any atom is -0.507 e. The summed E-state index contributed by atoms with van der Waals surface area (Å²) in [6, 6.07) is 51.0. The summed E-state index contributed by atoms with van der Waals surface area (Å²) in [5.41, 5.74) is 10.0. The van der Waals surface area contributed by atoms with Crippen LogP contribution in [0.1, 0.15) is 87.0 Å². The molecule has 0 unspecified atom stereocenters. The fourth-order valence-corrected chi connectivity index (χ4v) is 9.74. The normalized spacial score (nSPS) is 13.3. The van der Waals surface area contributed by atoms with Gasteiger partial charge in [0.2, 0.25) is 0 Å². The molecule has 0 aliphatic heterocycles. The number of aromatic hydroxyl groups is 2. The van der Waals surface area contributed by atoms with Gasteiger partial charge in [0, 0.05) is 67.4 Å². The monoisotopic (exact) mass is 924 g/mol. The second-order valence-corrected chi connectivity index (χ2v) is 19.9. The number of methoxy groups -OCH3 is 2. The van der Waals surface area contributed by atoms with Gasteiger partial charge in [-0.2, -0.15) is 0 Å². The van der Waals surface area contributed by atoms with Crippen LogP contribution in [-0.4, -0.2) is 36.9 Å². The molecule has 8 aromatic carbocycles. The molecule has 350 valence electrons. The highest BCUT2D eigenvalue weighted by Crippen LogP contribution is 2.48. The Morgan fingerprint density at radius 1 is 0.443 bits per heavy atom. The van der Waals surface area contributed by atoms with Crippen molar-refractivity contribution >= 4 is 56.3 Å². The predicted molar refractivity (Wildman–Crippen MR) is 286 cm³/mol. The van der Waals surface area contributed by atoms with Crippen LogP contribution in [0.4, 0.5) is 0 Å². The Morgan fingerprint density at radius 3 is 1.20 bits per heavy atom. The molecule has 8 nitrogen and oxygen atoms in total. The van der Waals surface area contributed by atoms with Crippen LogP contribution in [0.25, 0.3) is 66.1 Å². The van der Waals surface area contributed by atoms with Gasteiger partial charge in [-0.25, -0.2) is 0 Å². The number of nitrogens with zero attached hydrogens (tertiary/aromatic N) is 2. The predicted octanol–water partition coefficient (Wildman–Crippen LogP) is 15.9. The van der Waals surface area contributed by atoms with E-state index in [-0.39, 0.29) is 11.5 Å². The molecule has 0 aliphatic rings. The summed E-state index contributed by atoms with van der Waals surface area (Å²) < 4.78 is 25.0. The van der Waals surface area contributed by atoms with Crippen LogP contribution >= 0.6 is 0 Å². The standard InChI is InChI=1S/C62H56N2O6/c1-61(2,3)51-33-39(67-7)31-37(57(51)65)35-63-55(45-23-11-9-19-41(45)47-25-17-27-49-43-21-13-15-29-53(43)69-59(47)49)56(64-36-38-32-40(68-8)34-52(58(38)66)62(4,5)6)46-24-12-10-20-42(46)48-26-18-28-50-44-22-14-16-30-54(44)70-60(48)50/h9-36,55-56,65-66H,1-8H3/t55-,56-/m0/s1. The molecule has 10 aromatic rings. The SMILES string of the molecule is COc1cc(C=N[C@@H](c2ccccc2-c2cccc3c2oc2ccccc23)[C@@H](N=Cc2cc(OC)cc(C(C)(C)C)c2O)c2ccccc2-c2cccc3c2oc2ccccc23)c(O)c(C(C)(C)C)c1. The van der Waals surface area contributed by atoms with Crippen LogP contribution in [0.15, 0.2) is 177 Å². The lowest BCUT2D eigenvalue weighted by atomic mass is 9.84. The zero-order valence-electron chi connectivity index (χ0n) is 40.7. The minimum atomic E-state index is -0.762. The minimum absolute atomic E-state index is 0.115. The summed E-state index contributed by atoms with van der Waals surface area (Å²) in [4.78, 5) is 11.1. The van der Waals surface area contributed by atoms with E-state index in [0.717, 1.165) is 88.4 Å². The van der Waals surface area contributed by atoms with Crippen LogP contribution in [0, 0.1) is 0 Å². The summed E-state index contributed by atoms with van der Waals surface area (Å²) in [5, 5.41) is 28.1. The molecule has 70 heavy (non-hydrogen) atoms. The second kappa shape index (κ2) is 18.1. The highest BCUT2D eigenvalue weighted by Gasteiger charge is 2.31. The second-order valence-electron chi connectivity index (χ2n) is 19.9. The third-order valence-corrected chi connectivity index (χ3v) is 13.3. The zero-order valence-corrected chi connectivity index (χ0v) is 40.7. The molecule has 0 aliphatic carbocycles. The highest BCUT2D eigenvalue weighted by atomic mass is 16.5. The maximum Gasteiger partial charge on any atom is 0.143 e. The van der Waals surface area contributed by atoms with E-state index in [1.54, 1.807) is 26.6 Å². The van der Waals surface area contributed by atoms with Crippen molar-refractivity contribution in [2.45, 2.75) is 64.5 Å². The first kappa shape index (κ1) is 45.7. The van der Waals surface area contributed by atoms with E-state index in [2.05, 4.69) is 114 Å². The molecule has 2 heterocycles. The Morgan fingerprint density at radius 2 is 0.800 bits per heavy atom. The third kappa shape index (κ3) is 8.33. The molecule has 0 amide bonds. The lowest BCUT2D eigenvalue weighted by Crippen LogP contribution is -2.14. The summed E-state index contributed by atoms with van der Waals surface area (Å²) in [6.45, 7) is 12.4. The van der Waals surface area contributed by atoms with Crippen LogP contribution in [-0.2, 0) is 10.8 Å². The maximum absolute atomic E-state index is 12.0. The molecule has 0 radical (unpaired) electrons. The number of para-hydroxylation sites is 4. The maximum atomic E-state index is 12.0. The average Bonchev–Trinajstić information content (AvgIpc) is 3.94. The van der Waals surface area contributed by atoms with Crippen molar-refractivity contribution in [3.8, 4) is 45.3 Å². The summed E-state index contributed by atoms with van der Waals surface area (Å²) in [6.07, 6.45) is 3.48. The fourth-order valence-electron chi connectivity index (χ4n) is 9.74. The first-order valence-electron chi connectivity index (χ1n) is 23.6. The van der Waals surface area contributed by atoms with Crippen molar-refractivity contribution in [1.29, 1.82) is 0 Å². The molecule has 10 rings (SSSR count). The van der Waals surface area contributed by atoms with Gasteiger partial charge in [-0.3, -0.25) is 9.98 Å². The van der Waals surface area contributed by atoms with Crippen molar-refractivity contribution in [2.24, 2.45) is 9.98 Å². The number of benzene rings is 8. The van der Waals surface area contributed by atoms with E-state index < -0.39 is 22.9 Å². The number of furan rings is 2. The molecule has 0 fully saturated rings. The van der Waals surface area contributed by atoms with Crippen LogP contribution in [0.5, 0.6) is 23.0 Å². The van der Waals surface area contributed by atoms with E-state index in [4.69, 9.17) is 28.3 Å². The first-order valence-corrected chi connectivity index (χ1v) is 23.6. The number of fused-ring (bicyclic) bond motifs is 6. The molecule has 0 saturated carbocycles. The van der Waals surface area contributed by atoms with Crippen LogP contribution in [0.2, 0.25) is 0 Å². The van der Waals surface area contributed by atoms with Crippen molar-refractivity contribution in [1.82, 2.24) is 0 Å². The van der Waals surface area contributed by atoms with Crippen molar-refractivity contribution in [3.05, 3.63) is 191 Å². The Balaban J connectivity index is 1.28. The fraction of sp³-hybridized carbons (Fsp3) is 0.194. The topological polar surface area (TPSA) is 110 Å². The molecule has 2 aromatic heterocycles. The summed E-state index contributed by atoms with van der Waals surface area (Å²) >= 11 is 0.